The normalized spacial score (nSPS) is 10.6. The fourth-order valence-corrected chi connectivity index (χ4v) is 3.63. The first-order valence-electron chi connectivity index (χ1n) is 5.84. The largest absolute Gasteiger partial charge is 0.143 e. The molecule has 0 amide bonds. The molecule has 0 nitrogen and oxygen atoms in total. The molecule has 0 bridgehead atoms. The van der Waals surface area contributed by atoms with E-state index in [1.54, 1.807) is 11.3 Å². The SMILES string of the molecule is BrC(Br)=Cc1ccccc1-c1csc2ccccc12. The van der Waals surface area contributed by atoms with Gasteiger partial charge in [-0.15, -0.1) is 11.3 Å². The standard InChI is InChI=1S/C16H10Br2S/c17-16(18)9-11-5-1-2-6-12(11)14-10-19-15-8-4-3-7-13(14)15/h1-10H. The number of hydrogen-bond donors (Lipinski definition) is 0. The van der Waals surface area contributed by atoms with Crippen molar-refractivity contribution in [2.75, 3.05) is 0 Å². The summed E-state index contributed by atoms with van der Waals surface area (Å²) in [6, 6.07) is 17.0. The van der Waals surface area contributed by atoms with Crippen LogP contribution in [-0.2, 0) is 0 Å². The van der Waals surface area contributed by atoms with Gasteiger partial charge >= 0.3 is 0 Å². The molecule has 0 fully saturated rings. The molecule has 19 heavy (non-hydrogen) atoms. The molecule has 0 aliphatic rings. The zero-order valence-electron chi connectivity index (χ0n) is 9.94. The summed E-state index contributed by atoms with van der Waals surface area (Å²) in [6.07, 6.45) is 2.09. The van der Waals surface area contributed by atoms with Gasteiger partial charge in [-0.1, -0.05) is 42.5 Å². The molecule has 0 saturated carbocycles. The molecule has 1 heterocycles. The van der Waals surface area contributed by atoms with Gasteiger partial charge in [-0.05, 0) is 60.5 Å². The van der Waals surface area contributed by atoms with Crippen LogP contribution in [0, 0.1) is 0 Å². The van der Waals surface area contributed by atoms with E-state index in [0.717, 1.165) is 3.39 Å². The number of thiophene rings is 1. The van der Waals surface area contributed by atoms with E-state index < -0.39 is 0 Å². The lowest BCUT2D eigenvalue weighted by molar-refractivity contribution is 1.64. The van der Waals surface area contributed by atoms with Crippen LogP contribution in [0.3, 0.4) is 0 Å². The Bertz CT molecular complexity index is 752. The third-order valence-corrected chi connectivity index (χ3v) is 4.42. The molecule has 94 valence electrons. The van der Waals surface area contributed by atoms with Crippen LogP contribution < -0.4 is 0 Å². The Hall–Kier alpha value is -0.900. The van der Waals surface area contributed by atoms with Crippen LogP contribution in [0.2, 0.25) is 0 Å². The second-order valence-corrected chi connectivity index (χ2v) is 7.85. The van der Waals surface area contributed by atoms with E-state index in [2.05, 4.69) is 91.8 Å². The van der Waals surface area contributed by atoms with E-state index in [1.165, 1.54) is 26.8 Å². The second-order valence-electron chi connectivity index (χ2n) is 4.17. The minimum atomic E-state index is 0.951. The molecule has 0 radical (unpaired) electrons. The Morgan fingerprint density at radius 1 is 0.895 bits per heavy atom. The monoisotopic (exact) mass is 392 g/mol. The van der Waals surface area contributed by atoms with E-state index in [1.807, 2.05) is 0 Å². The molecule has 0 atom stereocenters. The van der Waals surface area contributed by atoms with Crippen molar-refractivity contribution in [3.8, 4) is 11.1 Å². The molecule has 3 aromatic rings. The van der Waals surface area contributed by atoms with Crippen molar-refractivity contribution in [3.05, 3.63) is 62.9 Å². The second kappa shape index (κ2) is 5.61. The maximum absolute atomic E-state index is 3.44. The zero-order valence-corrected chi connectivity index (χ0v) is 13.9. The van der Waals surface area contributed by atoms with Crippen molar-refractivity contribution in [3.63, 3.8) is 0 Å². The quantitative estimate of drug-likeness (QED) is 0.456. The zero-order chi connectivity index (χ0) is 13.2. The number of fused-ring (bicyclic) bond motifs is 1. The number of hydrogen-bond acceptors (Lipinski definition) is 1. The van der Waals surface area contributed by atoms with Crippen LogP contribution in [0.4, 0.5) is 0 Å². The summed E-state index contributed by atoms with van der Waals surface area (Å²) in [4.78, 5) is 0. The maximum Gasteiger partial charge on any atom is 0.0610 e. The highest BCUT2D eigenvalue weighted by atomic mass is 79.9. The number of benzene rings is 2. The van der Waals surface area contributed by atoms with Gasteiger partial charge in [-0.25, -0.2) is 0 Å². The van der Waals surface area contributed by atoms with Crippen molar-refractivity contribution in [1.29, 1.82) is 0 Å². The molecule has 2 aromatic carbocycles. The summed E-state index contributed by atoms with van der Waals surface area (Å²) in [7, 11) is 0. The third-order valence-electron chi connectivity index (χ3n) is 3.00. The van der Waals surface area contributed by atoms with Gasteiger partial charge in [0.15, 0.2) is 0 Å². The van der Waals surface area contributed by atoms with Crippen LogP contribution in [0.25, 0.3) is 27.3 Å². The predicted octanol–water partition coefficient (Wildman–Crippen LogP) is 6.66. The van der Waals surface area contributed by atoms with Crippen LogP contribution in [0.15, 0.2) is 57.3 Å². The lowest BCUT2D eigenvalue weighted by Gasteiger charge is -2.05. The number of rotatable bonds is 2. The Kier molecular flexibility index (Phi) is 3.87. The van der Waals surface area contributed by atoms with Crippen LogP contribution >= 0.6 is 43.2 Å². The summed E-state index contributed by atoms with van der Waals surface area (Å²) in [5.74, 6) is 0. The van der Waals surface area contributed by atoms with E-state index in [-0.39, 0.29) is 0 Å². The van der Waals surface area contributed by atoms with E-state index in [9.17, 15) is 0 Å². The third kappa shape index (κ3) is 2.69. The van der Waals surface area contributed by atoms with Gasteiger partial charge in [0.05, 0.1) is 3.39 Å². The average molecular weight is 394 g/mol. The molecule has 0 unspecified atom stereocenters. The fraction of sp³-hybridized carbons (Fsp3) is 0. The molecule has 3 heteroatoms. The minimum Gasteiger partial charge on any atom is -0.143 e. The van der Waals surface area contributed by atoms with Crippen LogP contribution in [-0.4, -0.2) is 0 Å². The van der Waals surface area contributed by atoms with E-state index in [4.69, 9.17) is 0 Å². The lowest BCUT2D eigenvalue weighted by atomic mass is 9.99. The van der Waals surface area contributed by atoms with Crippen LogP contribution in [0.5, 0.6) is 0 Å². The highest BCUT2D eigenvalue weighted by Crippen LogP contribution is 2.36. The maximum atomic E-state index is 3.44. The molecule has 1 aromatic heterocycles. The van der Waals surface area contributed by atoms with E-state index in [0.29, 0.717) is 0 Å². The minimum absolute atomic E-state index is 0.951. The molecule has 0 saturated heterocycles. The Morgan fingerprint density at radius 2 is 1.63 bits per heavy atom. The molecular formula is C16H10Br2S. The summed E-state index contributed by atoms with van der Waals surface area (Å²) in [5, 5.41) is 3.55. The highest BCUT2D eigenvalue weighted by molar-refractivity contribution is 9.28. The number of halogens is 2. The van der Waals surface area contributed by atoms with Crippen LogP contribution in [0.1, 0.15) is 5.56 Å². The fourth-order valence-electron chi connectivity index (χ4n) is 2.17. The molecule has 3 rings (SSSR count). The van der Waals surface area contributed by atoms with Gasteiger partial charge in [-0.3, -0.25) is 0 Å². The first kappa shape index (κ1) is 13.1. The molecular weight excluding hydrogens is 384 g/mol. The molecule has 0 spiro atoms. The average Bonchev–Trinajstić information content (AvgIpc) is 2.82. The van der Waals surface area contributed by atoms with Gasteiger partial charge in [0.25, 0.3) is 0 Å². The van der Waals surface area contributed by atoms with Crippen molar-refractivity contribution >= 4 is 59.4 Å². The Balaban J connectivity index is 2.25. The van der Waals surface area contributed by atoms with Gasteiger partial charge in [0.2, 0.25) is 0 Å². The first-order chi connectivity index (χ1) is 9.25. The molecule has 0 aliphatic carbocycles. The highest BCUT2D eigenvalue weighted by Gasteiger charge is 2.08. The smallest absolute Gasteiger partial charge is 0.0610 e. The Labute approximate surface area is 133 Å². The predicted molar refractivity (Wildman–Crippen MR) is 93.1 cm³/mol. The van der Waals surface area contributed by atoms with Gasteiger partial charge in [0, 0.05) is 15.6 Å². The summed E-state index contributed by atoms with van der Waals surface area (Å²) in [5.41, 5.74) is 3.76. The van der Waals surface area contributed by atoms with E-state index >= 15 is 0 Å². The lowest BCUT2D eigenvalue weighted by Crippen LogP contribution is -1.81. The topological polar surface area (TPSA) is 0 Å². The van der Waals surface area contributed by atoms with Crippen molar-refractivity contribution in [2.45, 2.75) is 0 Å². The van der Waals surface area contributed by atoms with Crippen molar-refractivity contribution in [1.82, 2.24) is 0 Å². The van der Waals surface area contributed by atoms with Crippen molar-refractivity contribution in [2.24, 2.45) is 0 Å². The summed E-state index contributed by atoms with van der Waals surface area (Å²) >= 11 is 8.67. The first-order valence-corrected chi connectivity index (χ1v) is 8.30. The Morgan fingerprint density at radius 3 is 2.47 bits per heavy atom. The van der Waals surface area contributed by atoms with Gasteiger partial charge in [0.1, 0.15) is 0 Å². The summed E-state index contributed by atoms with van der Waals surface area (Å²) < 4.78 is 2.28. The van der Waals surface area contributed by atoms with Crippen molar-refractivity contribution < 1.29 is 0 Å². The summed E-state index contributed by atoms with van der Waals surface area (Å²) in [6.45, 7) is 0. The van der Waals surface area contributed by atoms with Gasteiger partial charge < -0.3 is 0 Å². The van der Waals surface area contributed by atoms with Gasteiger partial charge in [-0.2, -0.15) is 0 Å². The molecule has 0 N–H and O–H groups in total. The molecule has 0 aliphatic heterocycles.